The fourth-order valence-corrected chi connectivity index (χ4v) is 2.77. The number of rotatable bonds is 1. The van der Waals surface area contributed by atoms with Crippen LogP contribution >= 0.6 is 0 Å². The number of imidazole rings is 1. The number of fused-ring (bicyclic) bond motifs is 2. The van der Waals surface area contributed by atoms with Gasteiger partial charge in [-0.2, -0.15) is 0 Å². The molecule has 2 heterocycles. The van der Waals surface area contributed by atoms with Gasteiger partial charge in [-0.1, -0.05) is 24.3 Å². The smallest absolute Gasteiger partial charge is 0.130 e. The van der Waals surface area contributed by atoms with Crippen LogP contribution in [-0.2, 0) is 6.42 Å². The minimum atomic E-state index is 0.255. The van der Waals surface area contributed by atoms with E-state index in [1.54, 1.807) is 0 Å². The quantitative estimate of drug-likeness (QED) is 0.692. The predicted octanol–water partition coefficient (Wildman–Crippen LogP) is 3.58. The lowest BCUT2D eigenvalue weighted by Gasteiger charge is -2.06. The number of nitrogens with zero attached hydrogens (tertiary/aromatic N) is 1. The van der Waals surface area contributed by atoms with E-state index in [9.17, 15) is 0 Å². The molecular weight excluding hydrogens is 234 g/mol. The number of para-hydroxylation sites is 1. The van der Waals surface area contributed by atoms with Gasteiger partial charge in [0.05, 0.1) is 17.1 Å². The Morgan fingerprint density at radius 1 is 1.16 bits per heavy atom. The second-order valence-electron chi connectivity index (χ2n) is 5.20. The van der Waals surface area contributed by atoms with Gasteiger partial charge in [0.25, 0.3) is 0 Å². The third-order valence-corrected chi connectivity index (χ3v) is 3.76. The van der Waals surface area contributed by atoms with Crippen molar-refractivity contribution in [3.63, 3.8) is 0 Å². The highest BCUT2D eigenvalue weighted by Crippen LogP contribution is 2.33. The number of anilines is 1. The molecule has 1 atom stereocenters. The maximum atomic E-state index is 4.70. The fourth-order valence-electron chi connectivity index (χ4n) is 2.77. The first-order chi connectivity index (χ1) is 9.29. The van der Waals surface area contributed by atoms with Gasteiger partial charge in [-0.3, -0.25) is 0 Å². The van der Waals surface area contributed by atoms with E-state index in [2.05, 4.69) is 59.7 Å². The average molecular weight is 249 g/mol. The van der Waals surface area contributed by atoms with Gasteiger partial charge < -0.3 is 10.3 Å². The topological polar surface area (TPSA) is 40.7 Å². The molecular formula is C16H15N3. The van der Waals surface area contributed by atoms with Crippen molar-refractivity contribution in [3.8, 4) is 0 Å². The van der Waals surface area contributed by atoms with E-state index in [0.717, 1.165) is 23.3 Å². The minimum Gasteiger partial charge on any atom is -0.375 e. The first-order valence-electron chi connectivity index (χ1n) is 6.60. The summed E-state index contributed by atoms with van der Waals surface area (Å²) in [4.78, 5) is 8.14. The van der Waals surface area contributed by atoms with Gasteiger partial charge in [-0.25, -0.2) is 4.98 Å². The second-order valence-corrected chi connectivity index (χ2v) is 5.20. The van der Waals surface area contributed by atoms with E-state index in [1.807, 2.05) is 0 Å². The van der Waals surface area contributed by atoms with Crippen LogP contribution in [0, 0.1) is 6.92 Å². The lowest BCUT2D eigenvalue weighted by Crippen LogP contribution is -2.07. The van der Waals surface area contributed by atoms with Crippen molar-refractivity contribution >= 4 is 16.7 Å². The Hall–Kier alpha value is -2.29. The van der Waals surface area contributed by atoms with Crippen LogP contribution in [-0.4, -0.2) is 9.97 Å². The number of hydrogen-bond donors (Lipinski definition) is 2. The molecule has 0 spiro atoms. The lowest BCUT2D eigenvalue weighted by molar-refractivity contribution is 0.768. The first kappa shape index (κ1) is 10.6. The predicted molar refractivity (Wildman–Crippen MR) is 77.3 cm³/mol. The summed E-state index contributed by atoms with van der Waals surface area (Å²) in [6, 6.07) is 15.0. The van der Waals surface area contributed by atoms with E-state index >= 15 is 0 Å². The molecule has 0 saturated heterocycles. The Labute approximate surface area is 111 Å². The maximum Gasteiger partial charge on any atom is 0.130 e. The van der Waals surface area contributed by atoms with Crippen LogP contribution in [0.15, 0.2) is 42.5 Å². The Balaban J connectivity index is 1.73. The maximum absolute atomic E-state index is 4.70. The minimum absolute atomic E-state index is 0.255. The number of benzene rings is 2. The molecule has 19 heavy (non-hydrogen) atoms. The van der Waals surface area contributed by atoms with Crippen LogP contribution in [0.25, 0.3) is 11.0 Å². The standard InChI is InChI=1S/C16H15N3/c1-10-6-7-13-14(8-10)19-16(18-13)15-9-11-4-2-3-5-12(11)17-15/h2-8,15,17H,9H2,1H3,(H,18,19). The third-order valence-electron chi connectivity index (χ3n) is 3.76. The third kappa shape index (κ3) is 1.70. The normalized spacial score (nSPS) is 17.4. The summed E-state index contributed by atoms with van der Waals surface area (Å²) in [6.07, 6.45) is 0.995. The van der Waals surface area contributed by atoms with E-state index in [1.165, 1.54) is 16.8 Å². The zero-order valence-electron chi connectivity index (χ0n) is 10.8. The van der Waals surface area contributed by atoms with Gasteiger partial charge in [-0.05, 0) is 36.2 Å². The van der Waals surface area contributed by atoms with Crippen molar-refractivity contribution in [3.05, 3.63) is 59.4 Å². The van der Waals surface area contributed by atoms with Crippen LogP contribution in [0.2, 0.25) is 0 Å². The average Bonchev–Trinajstić information content (AvgIpc) is 3.00. The molecule has 4 rings (SSSR count). The van der Waals surface area contributed by atoms with Crippen molar-refractivity contribution in [1.29, 1.82) is 0 Å². The molecule has 1 aromatic heterocycles. The van der Waals surface area contributed by atoms with E-state index in [-0.39, 0.29) is 6.04 Å². The Kier molecular flexibility index (Phi) is 2.15. The molecule has 0 fully saturated rings. The van der Waals surface area contributed by atoms with Crippen LogP contribution in [0.3, 0.4) is 0 Å². The molecule has 94 valence electrons. The van der Waals surface area contributed by atoms with Crippen molar-refractivity contribution < 1.29 is 0 Å². The van der Waals surface area contributed by atoms with Crippen LogP contribution in [0.1, 0.15) is 23.0 Å². The summed E-state index contributed by atoms with van der Waals surface area (Å²) in [7, 11) is 0. The number of nitrogens with one attached hydrogen (secondary N) is 2. The van der Waals surface area contributed by atoms with Gasteiger partial charge in [-0.15, -0.1) is 0 Å². The summed E-state index contributed by atoms with van der Waals surface area (Å²) in [6.45, 7) is 2.10. The highest BCUT2D eigenvalue weighted by Gasteiger charge is 2.23. The monoisotopic (exact) mass is 249 g/mol. The number of aromatic nitrogens is 2. The van der Waals surface area contributed by atoms with E-state index in [4.69, 9.17) is 4.98 Å². The van der Waals surface area contributed by atoms with Gasteiger partial charge in [0.1, 0.15) is 5.82 Å². The van der Waals surface area contributed by atoms with Crippen LogP contribution in [0.5, 0.6) is 0 Å². The molecule has 0 saturated carbocycles. The fraction of sp³-hybridized carbons (Fsp3) is 0.188. The summed E-state index contributed by atoms with van der Waals surface area (Å²) < 4.78 is 0. The molecule has 1 aliphatic heterocycles. The summed E-state index contributed by atoms with van der Waals surface area (Å²) in [5.74, 6) is 1.02. The van der Waals surface area contributed by atoms with Crippen LogP contribution < -0.4 is 5.32 Å². The largest absolute Gasteiger partial charge is 0.375 e. The SMILES string of the molecule is Cc1ccc2nc(C3Cc4ccccc4N3)[nH]c2c1. The highest BCUT2D eigenvalue weighted by molar-refractivity contribution is 5.76. The van der Waals surface area contributed by atoms with Crippen molar-refractivity contribution in [2.24, 2.45) is 0 Å². The highest BCUT2D eigenvalue weighted by atomic mass is 15.0. The van der Waals surface area contributed by atoms with E-state index in [0.29, 0.717) is 0 Å². The number of hydrogen-bond acceptors (Lipinski definition) is 2. The molecule has 0 aliphatic carbocycles. The second kappa shape index (κ2) is 3.85. The molecule has 2 aromatic carbocycles. The summed E-state index contributed by atoms with van der Waals surface area (Å²) in [5, 5.41) is 3.53. The summed E-state index contributed by atoms with van der Waals surface area (Å²) in [5.41, 5.74) is 6.00. The van der Waals surface area contributed by atoms with Crippen LogP contribution in [0.4, 0.5) is 5.69 Å². The Morgan fingerprint density at radius 2 is 2.05 bits per heavy atom. The van der Waals surface area contributed by atoms with Gasteiger partial charge in [0.2, 0.25) is 0 Å². The zero-order chi connectivity index (χ0) is 12.8. The molecule has 2 N–H and O–H groups in total. The lowest BCUT2D eigenvalue weighted by atomic mass is 10.1. The molecule has 1 unspecified atom stereocenters. The number of aromatic amines is 1. The van der Waals surface area contributed by atoms with Crippen molar-refractivity contribution in [2.45, 2.75) is 19.4 Å². The molecule has 3 heteroatoms. The van der Waals surface area contributed by atoms with Crippen molar-refractivity contribution in [2.75, 3.05) is 5.32 Å². The molecule has 0 amide bonds. The van der Waals surface area contributed by atoms with Crippen molar-refractivity contribution in [1.82, 2.24) is 9.97 Å². The Bertz CT molecular complexity index is 733. The van der Waals surface area contributed by atoms with Gasteiger partial charge in [0, 0.05) is 12.1 Å². The number of aryl methyl sites for hydroxylation is 1. The zero-order valence-corrected chi connectivity index (χ0v) is 10.8. The summed E-state index contributed by atoms with van der Waals surface area (Å²) >= 11 is 0. The Morgan fingerprint density at radius 3 is 2.95 bits per heavy atom. The molecule has 3 aromatic rings. The van der Waals surface area contributed by atoms with Gasteiger partial charge >= 0.3 is 0 Å². The molecule has 1 aliphatic rings. The molecule has 0 radical (unpaired) electrons. The van der Waals surface area contributed by atoms with E-state index < -0.39 is 0 Å². The van der Waals surface area contributed by atoms with Gasteiger partial charge in [0.15, 0.2) is 0 Å². The molecule has 0 bridgehead atoms. The number of H-pyrrole nitrogens is 1. The first-order valence-corrected chi connectivity index (χ1v) is 6.60. The molecule has 3 nitrogen and oxygen atoms in total.